The van der Waals surface area contributed by atoms with Gasteiger partial charge >= 0.3 is 0 Å². The summed E-state index contributed by atoms with van der Waals surface area (Å²) in [5.41, 5.74) is 2.12. The van der Waals surface area contributed by atoms with Gasteiger partial charge in [-0.15, -0.1) is 0 Å². The standard InChI is InChI=1S/C28H29Cl2N3O3/c29-21-9-13-23(14-10-21)35-19-4-3-18-33-26-7-2-1-6-25(26)32-27(33)8-5-17-31-28(34)20-36-24-15-11-22(30)12-16-24/h1-2,6-7,9-16H,3-5,8,17-20H2,(H,31,34). The number of para-hydroxylation sites is 2. The Kier molecular flexibility index (Phi) is 9.47. The van der Waals surface area contributed by atoms with E-state index in [1.54, 1.807) is 24.3 Å². The van der Waals surface area contributed by atoms with Crippen molar-refractivity contribution in [2.45, 2.75) is 32.2 Å². The SMILES string of the molecule is O=C(COc1ccc(Cl)cc1)NCCCc1nc2ccccc2n1CCCCOc1ccc(Cl)cc1. The monoisotopic (exact) mass is 525 g/mol. The molecule has 6 nitrogen and oxygen atoms in total. The van der Waals surface area contributed by atoms with E-state index in [9.17, 15) is 4.79 Å². The number of nitrogens with zero attached hydrogens (tertiary/aromatic N) is 2. The van der Waals surface area contributed by atoms with Gasteiger partial charge in [0.2, 0.25) is 0 Å². The highest BCUT2D eigenvalue weighted by Crippen LogP contribution is 2.19. The molecule has 0 fully saturated rings. The fourth-order valence-corrected chi connectivity index (χ4v) is 4.12. The third-order valence-electron chi connectivity index (χ3n) is 5.67. The van der Waals surface area contributed by atoms with Crippen LogP contribution < -0.4 is 14.8 Å². The van der Waals surface area contributed by atoms with E-state index in [0.717, 1.165) is 54.8 Å². The number of ether oxygens (including phenoxy) is 2. The largest absolute Gasteiger partial charge is 0.494 e. The van der Waals surface area contributed by atoms with Gasteiger partial charge in [0.1, 0.15) is 17.3 Å². The van der Waals surface area contributed by atoms with E-state index in [-0.39, 0.29) is 12.5 Å². The summed E-state index contributed by atoms with van der Waals surface area (Å²) in [6, 6.07) is 22.5. The van der Waals surface area contributed by atoms with Gasteiger partial charge in [-0.3, -0.25) is 4.79 Å². The summed E-state index contributed by atoms with van der Waals surface area (Å²) in [7, 11) is 0. The summed E-state index contributed by atoms with van der Waals surface area (Å²) in [5, 5.41) is 4.25. The van der Waals surface area contributed by atoms with Gasteiger partial charge in [-0.25, -0.2) is 4.98 Å². The molecule has 0 atom stereocenters. The normalized spacial score (nSPS) is 10.9. The Bertz CT molecular complexity index is 1260. The van der Waals surface area contributed by atoms with Gasteiger partial charge in [0, 0.05) is 29.6 Å². The number of benzene rings is 3. The van der Waals surface area contributed by atoms with E-state index in [4.69, 9.17) is 37.7 Å². The van der Waals surface area contributed by atoms with Gasteiger partial charge < -0.3 is 19.4 Å². The number of carbonyl (C=O) groups excluding carboxylic acids is 1. The second-order valence-electron chi connectivity index (χ2n) is 8.37. The highest BCUT2D eigenvalue weighted by atomic mass is 35.5. The first kappa shape index (κ1) is 25.9. The molecule has 0 aliphatic rings. The number of rotatable bonds is 13. The summed E-state index contributed by atoms with van der Waals surface area (Å²) in [4.78, 5) is 17.0. The zero-order valence-corrected chi connectivity index (χ0v) is 21.5. The molecule has 1 amide bonds. The maximum Gasteiger partial charge on any atom is 0.257 e. The fourth-order valence-electron chi connectivity index (χ4n) is 3.86. The second kappa shape index (κ2) is 13.2. The Hall–Kier alpha value is -3.22. The van der Waals surface area contributed by atoms with Gasteiger partial charge in [-0.05, 0) is 79.9 Å². The van der Waals surface area contributed by atoms with Crippen LogP contribution in [0, 0.1) is 0 Å². The van der Waals surface area contributed by atoms with Crippen molar-refractivity contribution in [2.24, 2.45) is 0 Å². The first-order valence-corrected chi connectivity index (χ1v) is 12.8. The number of fused-ring (bicyclic) bond motifs is 1. The molecule has 3 aromatic carbocycles. The Morgan fingerprint density at radius 2 is 1.50 bits per heavy atom. The fraction of sp³-hybridized carbons (Fsp3) is 0.286. The average molecular weight is 526 g/mol. The lowest BCUT2D eigenvalue weighted by molar-refractivity contribution is -0.123. The zero-order chi connectivity index (χ0) is 25.2. The molecule has 0 spiro atoms. The van der Waals surface area contributed by atoms with Crippen LogP contribution in [0.4, 0.5) is 0 Å². The van der Waals surface area contributed by atoms with Gasteiger partial charge in [0.05, 0.1) is 17.6 Å². The molecule has 188 valence electrons. The summed E-state index contributed by atoms with van der Waals surface area (Å²) < 4.78 is 13.6. The number of nitrogens with one attached hydrogen (secondary N) is 1. The molecular weight excluding hydrogens is 497 g/mol. The Morgan fingerprint density at radius 1 is 0.833 bits per heavy atom. The summed E-state index contributed by atoms with van der Waals surface area (Å²) >= 11 is 11.8. The highest BCUT2D eigenvalue weighted by molar-refractivity contribution is 6.30. The van der Waals surface area contributed by atoms with Gasteiger partial charge in [0.15, 0.2) is 6.61 Å². The number of imidazole rings is 1. The number of halogens is 2. The summed E-state index contributed by atoms with van der Waals surface area (Å²) in [6.07, 6.45) is 3.46. The summed E-state index contributed by atoms with van der Waals surface area (Å²) in [6.45, 7) is 2.04. The Morgan fingerprint density at radius 3 is 2.22 bits per heavy atom. The van der Waals surface area contributed by atoms with Crippen LogP contribution in [-0.4, -0.2) is 35.2 Å². The van der Waals surface area contributed by atoms with Crippen LogP contribution in [0.15, 0.2) is 72.8 Å². The Balaban J connectivity index is 1.22. The third kappa shape index (κ3) is 7.64. The number of aromatic nitrogens is 2. The molecule has 4 aromatic rings. The molecule has 0 aliphatic heterocycles. The predicted molar refractivity (Wildman–Crippen MR) is 144 cm³/mol. The minimum absolute atomic E-state index is 0.0295. The molecule has 0 bridgehead atoms. The highest BCUT2D eigenvalue weighted by Gasteiger charge is 2.11. The third-order valence-corrected chi connectivity index (χ3v) is 6.18. The van der Waals surface area contributed by atoms with E-state index >= 15 is 0 Å². The topological polar surface area (TPSA) is 65.4 Å². The van der Waals surface area contributed by atoms with E-state index in [1.807, 2.05) is 42.5 Å². The van der Waals surface area contributed by atoms with E-state index in [2.05, 4.69) is 16.0 Å². The zero-order valence-electron chi connectivity index (χ0n) is 20.0. The minimum atomic E-state index is -0.154. The lowest BCUT2D eigenvalue weighted by Crippen LogP contribution is -2.30. The van der Waals surface area contributed by atoms with Crippen molar-refractivity contribution in [2.75, 3.05) is 19.8 Å². The molecule has 36 heavy (non-hydrogen) atoms. The molecule has 0 unspecified atom stereocenters. The molecule has 0 radical (unpaired) electrons. The van der Waals surface area contributed by atoms with Crippen LogP contribution in [-0.2, 0) is 17.8 Å². The van der Waals surface area contributed by atoms with E-state index in [0.29, 0.717) is 28.9 Å². The lowest BCUT2D eigenvalue weighted by Gasteiger charge is -2.11. The molecule has 0 saturated heterocycles. The Labute approximate surface area is 221 Å². The number of amides is 1. The van der Waals surface area contributed by atoms with Crippen LogP contribution in [0.3, 0.4) is 0 Å². The number of hydrogen-bond acceptors (Lipinski definition) is 4. The maximum atomic E-state index is 12.1. The van der Waals surface area contributed by atoms with Crippen LogP contribution in [0.2, 0.25) is 10.0 Å². The molecule has 1 heterocycles. The number of unbranched alkanes of at least 4 members (excludes halogenated alkanes) is 1. The molecule has 0 aliphatic carbocycles. The molecule has 8 heteroatoms. The van der Waals surface area contributed by atoms with Crippen LogP contribution in [0.25, 0.3) is 11.0 Å². The second-order valence-corrected chi connectivity index (χ2v) is 9.25. The average Bonchev–Trinajstić information content (AvgIpc) is 3.24. The molecule has 4 rings (SSSR count). The minimum Gasteiger partial charge on any atom is -0.494 e. The summed E-state index contributed by atoms with van der Waals surface area (Å²) in [5.74, 6) is 2.32. The molecule has 0 saturated carbocycles. The number of hydrogen-bond donors (Lipinski definition) is 1. The smallest absolute Gasteiger partial charge is 0.257 e. The van der Waals surface area contributed by atoms with Crippen molar-refractivity contribution >= 4 is 40.1 Å². The number of aryl methyl sites for hydroxylation is 2. The first-order valence-electron chi connectivity index (χ1n) is 12.1. The van der Waals surface area contributed by atoms with Gasteiger partial charge in [-0.2, -0.15) is 0 Å². The van der Waals surface area contributed by atoms with Crippen molar-refractivity contribution < 1.29 is 14.3 Å². The van der Waals surface area contributed by atoms with Gasteiger partial charge in [-0.1, -0.05) is 35.3 Å². The van der Waals surface area contributed by atoms with Crippen LogP contribution >= 0.6 is 23.2 Å². The molecule has 1 aromatic heterocycles. The van der Waals surface area contributed by atoms with Crippen LogP contribution in [0.1, 0.15) is 25.1 Å². The molecule has 1 N–H and O–H groups in total. The van der Waals surface area contributed by atoms with Crippen molar-refractivity contribution in [1.29, 1.82) is 0 Å². The van der Waals surface area contributed by atoms with Crippen molar-refractivity contribution in [3.8, 4) is 11.5 Å². The number of carbonyl (C=O) groups is 1. The quantitative estimate of drug-likeness (QED) is 0.207. The van der Waals surface area contributed by atoms with E-state index in [1.165, 1.54) is 0 Å². The van der Waals surface area contributed by atoms with Crippen molar-refractivity contribution in [3.63, 3.8) is 0 Å². The van der Waals surface area contributed by atoms with Crippen molar-refractivity contribution in [3.05, 3.63) is 88.7 Å². The van der Waals surface area contributed by atoms with Crippen LogP contribution in [0.5, 0.6) is 11.5 Å². The first-order chi connectivity index (χ1) is 17.6. The van der Waals surface area contributed by atoms with E-state index < -0.39 is 0 Å². The predicted octanol–water partition coefficient (Wildman–Crippen LogP) is 6.33. The van der Waals surface area contributed by atoms with Crippen molar-refractivity contribution in [1.82, 2.24) is 14.9 Å². The van der Waals surface area contributed by atoms with Gasteiger partial charge in [0.25, 0.3) is 5.91 Å². The molecular formula is C28H29Cl2N3O3. The lowest BCUT2D eigenvalue weighted by atomic mass is 10.2. The maximum absolute atomic E-state index is 12.1.